The quantitative estimate of drug-likeness (QED) is 0.452. The van der Waals surface area contributed by atoms with Crippen molar-refractivity contribution in [2.45, 2.75) is 26.8 Å². The minimum absolute atomic E-state index is 0.345. The van der Waals surface area contributed by atoms with Crippen LogP contribution in [0.5, 0.6) is 5.75 Å². The monoisotopic (exact) mass is 465 g/mol. The molecular formula is C25H25N2O7-. The van der Waals surface area contributed by atoms with E-state index >= 15 is 0 Å². The molecule has 3 rings (SSSR count). The highest BCUT2D eigenvalue weighted by molar-refractivity contribution is 5.95. The third kappa shape index (κ3) is 5.80. The molecule has 1 atom stereocenters. The first-order valence-corrected chi connectivity index (χ1v) is 10.7. The third-order valence-corrected chi connectivity index (χ3v) is 5.24. The first kappa shape index (κ1) is 24.5. The number of rotatable bonds is 9. The highest BCUT2D eigenvalue weighted by Gasteiger charge is 2.18. The van der Waals surface area contributed by atoms with Crippen molar-refractivity contribution in [3.05, 3.63) is 64.5 Å². The number of carboxylic acids is 1. The number of benzene rings is 2. The van der Waals surface area contributed by atoms with Gasteiger partial charge in [0, 0.05) is 17.0 Å². The Morgan fingerprint density at radius 3 is 2.41 bits per heavy atom. The van der Waals surface area contributed by atoms with Crippen LogP contribution < -0.4 is 26.1 Å². The molecule has 1 aromatic heterocycles. The Labute approximate surface area is 195 Å². The zero-order valence-electron chi connectivity index (χ0n) is 19.0. The lowest BCUT2D eigenvalue weighted by atomic mass is 10.0. The van der Waals surface area contributed by atoms with Gasteiger partial charge >= 0.3 is 5.63 Å². The van der Waals surface area contributed by atoms with Crippen molar-refractivity contribution in [2.24, 2.45) is 5.92 Å². The molecule has 0 unspecified atom stereocenters. The van der Waals surface area contributed by atoms with E-state index in [2.05, 4.69) is 10.6 Å². The molecule has 1 heterocycles. The second-order valence-electron chi connectivity index (χ2n) is 8.08. The van der Waals surface area contributed by atoms with Crippen LogP contribution in [0.4, 0.5) is 0 Å². The maximum absolute atomic E-state index is 12.2. The summed E-state index contributed by atoms with van der Waals surface area (Å²) in [7, 11) is 0. The molecule has 9 heteroatoms. The molecule has 34 heavy (non-hydrogen) atoms. The molecular weight excluding hydrogens is 440 g/mol. The Balaban J connectivity index is 1.67. The van der Waals surface area contributed by atoms with Gasteiger partial charge in [0.25, 0.3) is 5.91 Å². The van der Waals surface area contributed by atoms with E-state index in [1.165, 1.54) is 6.07 Å². The molecule has 0 saturated carbocycles. The lowest BCUT2D eigenvalue weighted by molar-refractivity contribution is -0.309. The van der Waals surface area contributed by atoms with Gasteiger partial charge in [-0.3, -0.25) is 9.59 Å². The minimum Gasteiger partial charge on any atom is -0.548 e. The van der Waals surface area contributed by atoms with Crippen molar-refractivity contribution in [3.63, 3.8) is 0 Å². The molecule has 0 radical (unpaired) electrons. The number of carbonyl (C=O) groups is 3. The van der Waals surface area contributed by atoms with E-state index in [1.54, 1.807) is 32.9 Å². The predicted molar refractivity (Wildman–Crippen MR) is 123 cm³/mol. The summed E-state index contributed by atoms with van der Waals surface area (Å²) in [6, 6.07) is 13.1. The van der Waals surface area contributed by atoms with Crippen LogP contribution in [0.15, 0.2) is 57.7 Å². The van der Waals surface area contributed by atoms with Crippen LogP contribution >= 0.6 is 0 Å². The summed E-state index contributed by atoms with van der Waals surface area (Å²) in [5.41, 5.74) is 1.98. The van der Waals surface area contributed by atoms with Gasteiger partial charge in [0.2, 0.25) is 5.91 Å². The van der Waals surface area contributed by atoms with E-state index in [-0.39, 0.29) is 5.92 Å². The van der Waals surface area contributed by atoms with Gasteiger partial charge in [-0.1, -0.05) is 44.2 Å². The zero-order chi connectivity index (χ0) is 24.8. The fourth-order valence-electron chi connectivity index (χ4n) is 3.45. The van der Waals surface area contributed by atoms with Crippen LogP contribution in [0.2, 0.25) is 0 Å². The fourth-order valence-corrected chi connectivity index (χ4v) is 3.45. The molecule has 2 N–H and O–H groups in total. The second kappa shape index (κ2) is 10.7. The summed E-state index contributed by atoms with van der Waals surface area (Å²) in [4.78, 5) is 47.3. The summed E-state index contributed by atoms with van der Waals surface area (Å²) < 4.78 is 11.0. The van der Waals surface area contributed by atoms with E-state index in [0.717, 1.165) is 16.5 Å². The van der Waals surface area contributed by atoms with Gasteiger partial charge in [-0.05, 0) is 36.1 Å². The van der Waals surface area contributed by atoms with Gasteiger partial charge in [0.1, 0.15) is 11.3 Å². The molecule has 9 nitrogen and oxygen atoms in total. The van der Waals surface area contributed by atoms with Gasteiger partial charge in [0.05, 0.1) is 18.6 Å². The number of aliphatic carboxylic acids is 1. The number of aryl methyl sites for hydroxylation is 1. The minimum atomic E-state index is -1.40. The van der Waals surface area contributed by atoms with E-state index in [1.807, 2.05) is 30.3 Å². The van der Waals surface area contributed by atoms with Gasteiger partial charge < -0.3 is 29.7 Å². The predicted octanol–water partition coefficient (Wildman–Crippen LogP) is 1.15. The Morgan fingerprint density at radius 1 is 1.06 bits per heavy atom. The molecule has 0 aliphatic carbocycles. The van der Waals surface area contributed by atoms with E-state index < -0.39 is 42.6 Å². The molecule has 0 aliphatic rings. The highest BCUT2D eigenvalue weighted by Crippen LogP contribution is 2.32. The number of carboxylic acid groups (broad SMARTS) is 1. The molecule has 2 aromatic carbocycles. The topological polar surface area (TPSA) is 138 Å². The molecule has 0 saturated heterocycles. The van der Waals surface area contributed by atoms with Crippen LogP contribution in [-0.4, -0.2) is 37.0 Å². The molecule has 178 valence electrons. The summed E-state index contributed by atoms with van der Waals surface area (Å²) >= 11 is 0. The van der Waals surface area contributed by atoms with E-state index in [9.17, 15) is 24.3 Å². The zero-order valence-corrected chi connectivity index (χ0v) is 19.0. The van der Waals surface area contributed by atoms with Crippen LogP contribution in [0.25, 0.3) is 22.1 Å². The fraction of sp³-hybridized carbons (Fsp3) is 0.280. The largest absolute Gasteiger partial charge is 0.548 e. The van der Waals surface area contributed by atoms with Crippen LogP contribution in [-0.2, 0) is 14.4 Å². The summed E-state index contributed by atoms with van der Waals surface area (Å²) in [5, 5.41) is 16.5. The van der Waals surface area contributed by atoms with Crippen molar-refractivity contribution in [3.8, 4) is 16.9 Å². The number of amides is 2. The van der Waals surface area contributed by atoms with Crippen LogP contribution in [0, 0.1) is 12.8 Å². The first-order chi connectivity index (χ1) is 16.2. The van der Waals surface area contributed by atoms with Crippen molar-refractivity contribution in [2.75, 3.05) is 13.2 Å². The lowest BCUT2D eigenvalue weighted by Gasteiger charge is -2.23. The number of hydrogen-bond donors (Lipinski definition) is 2. The SMILES string of the molecule is Cc1c(OCC(=O)NCC(=O)N[C@H](C(=O)[O-])C(C)C)ccc2c(-c3ccccc3)cc(=O)oc12. The average molecular weight is 465 g/mol. The van der Waals surface area contributed by atoms with Crippen LogP contribution in [0.3, 0.4) is 0 Å². The molecule has 0 aliphatic heterocycles. The maximum Gasteiger partial charge on any atom is 0.336 e. The second-order valence-corrected chi connectivity index (χ2v) is 8.08. The van der Waals surface area contributed by atoms with Gasteiger partial charge in [0.15, 0.2) is 6.61 Å². The summed E-state index contributed by atoms with van der Waals surface area (Å²) in [5.74, 6) is -2.66. The number of fused-ring (bicyclic) bond motifs is 1. The van der Waals surface area contributed by atoms with Gasteiger partial charge in [-0.15, -0.1) is 0 Å². The maximum atomic E-state index is 12.2. The number of ether oxygens (including phenoxy) is 1. The van der Waals surface area contributed by atoms with E-state index in [4.69, 9.17) is 9.15 Å². The molecule has 3 aromatic rings. The summed E-state index contributed by atoms with van der Waals surface area (Å²) in [6.45, 7) is 4.17. The summed E-state index contributed by atoms with van der Waals surface area (Å²) in [6.07, 6.45) is 0. The Morgan fingerprint density at radius 2 is 1.76 bits per heavy atom. The number of hydrogen-bond acceptors (Lipinski definition) is 7. The number of carbonyl (C=O) groups excluding carboxylic acids is 3. The van der Waals surface area contributed by atoms with Crippen molar-refractivity contribution >= 4 is 28.8 Å². The molecule has 0 spiro atoms. The van der Waals surface area contributed by atoms with Gasteiger partial charge in [-0.2, -0.15) is 0 Å². The van der Waals surface area contributed by atoms with Crippen molar-refractivity contribution < 1.29 is 28.6 Å². The third-order valence-electron chi connectivity index (χ3n) is 5.24. The molecule has 0 bridgehead atoms. The van der Waals surface area contributed by atoms with Crippen molar-refractivity contribution in [1.82, 2.24) is 10.6 Å². The smallest absolute Gasteiger partial charge is 0.336 e. The number of nitrogens with one attached hydrogen (secondary N) is 2. The Hall–Kier alpha value is -4.14. The highest BCUT2D eigenvalue weighted by atomic mass is 16.5. The van der Waals surface area contributed by atoms with Gasteiger partial charge in [-0.25, -0.2) is 4.79 Å². The van der Waals surface area contributed by atoms with Crippen molar-refractivity contribution in [1.29, 1.82) is 0 Å². The van der Waals surface area contributed by atoms with Crippen LogP contribution in [0.1, 0.15) is 19.4 Å². The molecule has 2 amide bonds. The molecule has 0 fully saturated rings. The Kier molecular flexibility index (Phi) is 7.68. The Bertz CT molecular complexity index is 1270. The normalized spacial score (nSPS) is 11.8. The first-order valence-electron chi connectivity index (χ1n) is 10.7. The average Bonchev–Trinajstić information content (AvgIpc) is 2.80. The van der Waals surface area contributed by atoms with E-state index in [0.29, 0.717) is 16.9 Å². The lowest BCUT2D eigenvalue weighted by Crippen LogP contribution is -2.53. The standard InChI is InChI=1S/C25H26N2O7/c1-14(2)23(25(31)32)27-20(28)12-26-21(29)13-33-19-10-9-17-18(16-7-5-4-6-8-16)11-22(30)34-24(17)15(19)3/h4-11,14,23H,12-13H2,1-3H3,(H,26,29)(H,27,28)(H,31,32)/p-1/t23-/m0/s1.